The van der Waals surface area contributed by atoms with Gasteiger partial charge < -0.3 is 11.5 Å². The maximum absolute atomic E-state index is 14.1. The van der Waals surface area contributed by atoms with Crippen molar-refractivity contribution >= 4 is 34.5 Å². The highest BCUT2D eigenvalue weighted by Gasteiger charge is 2.36. The predicted octanol–water partition coefficient (Wildman–Crippen LogP) is 0.189. The Kier molecular flexibility index (Phi) is 2.93. The third kappa shape index (κ3) is 2.14. The molecule has 4 N–H and O–H groups in total. The second-order valence-corrected chi connectivity index (χ2v) is 4.85. The molecule has 1 aromatic carbocycles. The fourth-order valence-corrected chi connectivity index (χ4v) is 2.44. The highest BCUT2D eigenvalue weighted by molar-refractivity contribution is 6.05. The Hall–Kier alpha value is -2.77. The minimum absolute atomic E-state index is 0.0187. The van der Waals surface area contributed by atoms with Gasteiger partial charge in [-0.05, 0) is 12.1 Å². The number of fused-ring (bicyclic) bond motifs is 1. The van der Waals surface area contributed by atoms with Crippen molar-refractivity contribution in [2.45, 2.75) is 6.42 Å². The number of hydrogen-bond acceptors (Lipinski definition) is 5. The molecule has 2 aromatic rings. The number of primary amides is 1. The van der Waals surface area contributed by atoms with E-state index in [0.29, 0.717) is 5.52 Å². The zero-order valence-corrected chi connectivity index (χ0v) is 10.9. The van der Waals surface area contributed by atoms with E-state index in [4.69, 9.17) is 11.5 Å². The van der Waals surface area contributed by atoms with E-state index in [9.17, 15) is 14.0 Å². The average Bonchev–Trinajstić information content (AvgIpc) is 2.80. The van der Waals surface area contributed by atoms with Crippen molar-refractivity contribution in [2.75, 3.05) is 17.2 Å². The summed E-state index contributed by atoms with van der Waals surface area (Å²) in [6.07, 6.45) is -0.0187. The van der Waals surface area contributed by atoms with Gasteiger partial charge in [0.05, 0.1) is 16.8 Å². The van der Waals surface area contributed by atoms with Crippen molar-refractivity contribution in [2.24, 2.45) is 11.7 Å². The van der Waals surface area contributed by atoms with Crippen LogP contribution in [0.25, 0.3) is 10.9 Å². The Balaban J connectivity index is 2.16. The minimum Gasteiger partial charge on any atom is -0.369 e. The van der Waals surface area contributed by atoms with Gasteiger partial charge in [0.15, 0.2) is 5.82 Å². The van der Waals surface area contributed by atoms with Gasteiger partial charge >= 0.3 is 0 Å². The molecule has 3 rings (SSSR count). The molecule has 1 aliphatic rings. The SMILES string of the molecule is NC(=O)C1CC(=O)N(c2nc(N)nc3cccc(F)c23)C1. The number of aromatic nitrogens is 2. The van der Waals surface area contributed by atoms with Crippen molar-refractivity contribution in [3.63, 3.8) is 0 Å². The highest BCUT2D eigenvalue weighted by Crippen LogP contribution is 2.31. The molecule has 1 aromatic heterocycles. The number of carbonyl (C=O) groups is 2. The zero-order valence-electron chi connectivity index (χ0n) is 10.9. The number of anilines is 2. The van der Waals surface area contributed by atoms with Crippen molar-refractivity contribution in [1.29, 1.82) is 0 Å². The van der Waals surface area contributed by atoms with E-state index in [-0.39, 0.29) is 36.0 Å². The van der Waals surface area contributed by atoms with E-state index in [2.05, 4.69) is 9.97 Å². The van der Waals surface area contributed by atoms with Gasteiger partial charge in [-0.2, -0.15) is 4.98 Å². The summed E-state index contributed by atoms with van der Waals surface area (Å²) in [6, 6.07) is 4.31. The van der Waals surface area contributed by atoms with Gasteiger partial charge in [0.2, 0.25) is 17.8 Å². The summed E-state index contributed by atoms with van der Waals surface area (Å²) in [5.41, 5.74) is 11.1. The van der Waals surface area contributed by atoms with Crippen LogP contribution in [0.3, 0.4) is 0 Å². The van der Waals surface area contributed by atoms with Crippen LogP contribution in [0.5, 0.6) is 0 Å². The summed E-state index contributed by atoms with van der Waals surface area (Å²) in [6.45, 7) is 0.0635. The zero-order chi connectivity index (χ0) is 15.1. The Morgan fingerprint density at radius 2 is 2.14 bits per heavy atom. The molecule has 0 aliphatic carbocycles. The Morgan fingerprint density at radius 3 is 2.81 bits per heavy atom. The lowest BCUT2D eigenvalue weighted by Crippen LogP contribution is -2.29. The number of nitrogens with zero attached hydrogens (tertiary/aromatic N) is 3. The number of rotatable bonds is 2. The van der Waals surface area contributed by atoms with Crippen LogP contribution in [0.1, 0.15) is 6.42 Å². The first-order valence-corrected chi connectivity index (χ1v) is 6.29. The summed E-state index contributed by atoms with van der Waals surface area (Å²) in [4.78, 5) is 32.4. The average molecular weight is 289 g/mol. The van der Waals surface area contributed by atoms with Crippen LogP contribution < -0.4 is 16.4 Å². The molecule has 108 valence electrons. The number of nitrogens with two attached hydrogens (primary N) is 2. The van der Waals surface area contributed by atoms with Crippen molar-refractivity contribution in [3.05, 3.63) is 24.0 Å². The van der Waals surface area contributed by atoms with Crippen molar-refractivity contribution < 1.29 is 14.0 Å². The van der Waals surface area contributed by atoms with Crippen LogP contribution in [-0.2, 0) is 9.59 Å². The lowest BCUT2D eigenvalue weighted by molar-refractivity contribution is -0.123. The molecule has 7 nitrogen and oxygen atoms in total. The number of nitrogen functional groups attached to an aromatic ring is 1. The van der Waals surface area contributed by atoms with E-state index in [1.165, 1.54) is 17.0 Å². The number of halogens is 1. The van der Waals surface area contributed by atoms with Gasteiger partial charge in [0.25, 0.3) is 0 Å². The summed E-state index contributed by atoms with van der Waals surface area (Å²) < 4.78 is 14.1. The normalized spacial score (nSPS) is 18.4. The molecule has 2 heterocycles. The van der Waals surface area contributed by atoms with Crippen LogP contribution in [-0.4, -0.2) is 28.3 Å². The Bertz CT molecular complexity index is 764. The standard InChI is InChI=1S/C13H12FN5O2/c14-7-2-1-3-8-10(7)12(18-13(16)17-8)19-5-6(11(15)21)4-9(19)20/h1-3,6H,4-5H2,(H2,15,21)(H2,16,17,18). The number of amides is 2. The largest absolute Gasteiger partial charge is 0.369 e. The van der Waals surface area contributed by atoms with Gasteiger partial charge in [0, 0.05) is 13.0 Å². The van der Waals surface area contributed by atoms with E-state index >= 15 is 0 Å². The second kappa shape index (κ2) is 4.65. The lowest BCUT2D eigenvalue weighted by atomic mass is 10.1. The predicted molar refractivity (Wildman–Crippen MR) is 73.6 cm³/mol. The topological polar surface area (TPSA) is 115 Å². The summed E-state index contributed by atoms with van der Waals surface area (Å²) in [5.74, 6) is -2.09. The molecule has 0 bridgehead atoms. The summed E-state index contributed by atoms with van der Waals surface area (Å²) in [7, 11) is 0. The van der Waals surface area contributed by atoms with E-state index < -0.39 is 17.6 Å². The molecule has 1 unspecified atom stereocenters. The molecular formula is C13H12FN5O2. The summed E-state index contributed by atoms with van der Waals surface area (Å²) >= 11 is 0. The maximum atomic E-state index is 14.1. The lowest BCUT2D eigenvalue weighted by Gasteiger charge is -2.17. The molecule has 1 fully saturated rings. The van der Waals surface area contributed by atoms with Crippen LogP contribution in [0.2, 0.25) is 0 Å². The van der Waals surface area contributed by atoms with Crippen LogP contribution >= 0.6 is 0 Å². The molecule has 1 saturated heterocycles. The van der Waals surface area contributed by atoms with E-state index in [1.807, 2.05) is 0 Å². The molecule has 2 amide bonds. The Labute approximate surface area is 118 Å². The van der Waals surface area contributed by atoms with Gasteiger partial charge in [-0.1, -0.05) is 6.07 Å². The van der Waals surface area contributed by atoms with Crippen LogP contribution in [0.4, 0.5) is 16.2 Å². The fraction of sp³-hybridized carbons (Fsp3) is 0.231. The molecule has 21 heavy (non-hydrogen) atoms. The third-order valence-corrected chi connectivity index (χ3v) is 3.45. The molecule has 1 aliphatic heterocycles. The summed E-state index contributed by atoms with van der Waals surface area (Å²) in [5, 5.41) is 0.102. The molecule has 8 heteroatoms. The fourth-order valence-electron chi connectivity index (χ4n) is 2.44. The van der Waals surface area contributed by atoms with Gasteiger partial charge in [0.1, 0.15) is 5.82 Å². The third-order valence-electron chi connectivity index (χ3n) is 3.45. The number of carbonyl (C=O) groups excluding carboxylic acids is 2. The van der Waals surface area contributed by atoms with Gasteiger partial charge in [-0.25, -0.2) is 9.37 Å². The molecule has 1 atom stereocenters. The maximum Gasteiger partial charge on any atom is 0.229 e. The highest BCUT2D eigenvalue weighted by atomic mass is 19.1. The van der Waals surface area contributed by atoms with Gasteiger partial charge in [-0.3, -0.25) is 14.5 Å². The van der Waals surface area contributed by atoms with E-state index in [0.717, 1.165) is 0 Å². The first kappa shape index (κ1) is 13.2. The van der Waals surface area contributed by atoms with E-state index in [1.54, 1.807) is 6.07 Å². The number of hydrogen-bond donors (Lipinski definition) is 2. The number of benzene rings is 1. The van der Waals surface area contributed by atoms with Crippen molar-refractivity contribution in [1.82, 2.24) is 9.97 Å². The quantitative estimate of drug-likeness (QED) is 0.818. The molecular weight excluding hydrogens is 277 g/mol. The second-order valence-electron chi connectivity index (χ2n) is 4.85. The van der Waals surface area contributed by atoms with Gasteiger partial charge in [-0.15, -0.1) is 0 Å². The first-order valence-electron chi connectivity index (χ1n) is 6.29. The molecule has 0 spiro atoms. The first-order chi connectivity index (χ1) is 9.97. The van der Waals surface area contributed by atoms with Crippen LogP contribution in [0.15, 0.2) is 18.2 Å². The Morgan fingerprint density at radius 1 is 1.38 bits per heavy atom. The van der Waals surface area contributed by atoms with Crippen LogP contribution in [0, 0.1) is 11.7 Å². The smallest absolute Gasteiger partial charge is 0.229 e. The van der Waals surface area contributed by atoms with Crippen molar-refractivity contribution in [3.8, 4) is 0 Å². The molecule has 0 radical (unpaired) electrons. The molecule has 0 saturated carbocycles. The monoisotopic (exact) mass is 289 g/mol. The minimum atomic E-state index is -0.615.